The summed E-state index contributed by atoms with van der Waals surface area (Å²) < 4.78 is 0. The summed E-state index contributed by atoms with van der Waals surface area (Å²) in [6, 6.07) is 67.8. The van der Waals surface area contributed by atoms with Crippen molar-refractivity contribution in [3.8, 4) is 18.2 Å². The van der Waals surface area contributed by atoms with E-state index in [2.05, 4.69) is 175 Å². The Balaban J connectivity index is 0.000000233. The van der Waals surface area contributed by atoms with Crippen LogP contribution in [0.3, 0.4) is 0 Å². The summed E-state index contributed by atoms with van der Waals surface area (Å²) in [5, 5.41) is 50.2. The van der Waals surface area contributed by atoms with Crippen molar-refractivity contribution < 1.29 is 0 Å². The molecule has 20 nitrogen and oxygen atoms in total. The third-order valence-corrected chi connectivity index (χ3v) is 14.2. The number of nitrogens with two attached hydrogens (primary N) is 1. The van der Waals surface area contributed by atoms with Gasteiger partial charge in [0.25, 0.3) is 0 Å². The summed E-state index contributed by atoms with van der Waals surface area (Å²) in [6.45, 7) is 13.0. The number of nitrogens with zero attached hydrogens (tertiary/aromatic N) is 12. The summed E-state index contributed by atoms with van der Waals surface area (Å²) in [4.78, 5) is 41.9. The summed E-state index contributed by atoms with van der Waals surface area (Å²) in [7, 11) is 0. The maximum atomic E-state index is 9.24. The summed E-state index contributed by atoms with van der Waals surface area (Å²) in [5.74, 6) is 5.14. The van der Waals surface area contributed by atoms with Gasteiger partial charge in [-0.3, -0.25) is 0 Å². The van der Waals surface area contributed by atoms with Crippen LogP contribution < -0.4 is 43.0 Å². The zero-order valence-electron chi connectivity index (χ0n) is 51.1. The van der Waals surface area contributed by atoms with Crippen LogP contribution in [0.25, 0.3) is 0 Å². The van der Waals surface area contributed by atoms with Gasteiger partial charge in [-0.05, 0) is 179 Å². The van der Waals surface area contributed by atoms with Gasteiger partial charge in [-0.15, -0.1) is 0 Å². The zero-order valence-corrected chi connectivity index (χ0v) is 51.1. The molecule has 0 amide bonds. The molecule has 0 atom stereocenters. The Labute approximate surface area is 528 Å². The maximum Gasteiger partial charge on any atom is 0.233 e. The third kappa shape index (κ3) is 17.9. The Morgan fingerprint density at radius 1 is 0.286 bits per heavy atom. The fourth-order valence-electron chi connectivity index (χ4n) is 9.12. The van der Waals surface area contributed by atoms with Crippen molar-refractivity contribution >= 4 is 87.1 Å². The molecule has 8 aromatic carbocycles. The lowest BCUT2D eigenvalue weighted by Gasteiger charge is -2.13. The van der Waals surface area contributed by atoms with Gasteiger partial charge in [0.2, 0.25) is 41.6 Å². The molecule has 0 saturated carbocycles. The van der Waals surface area contributed by atoms with Gasteiger partial charge >= 0.3 is 0 Å². The van der Waals surface area contributed by atoms with Crippen molar-refractivity contribution in [2.24, 2.45) is 0 Å². The SMILES string of the molecule is CC(C)c1ccc(Cc2nc(Cc3ccc(Nc4nc(Nc5ccc(C#N)cc5)nc(Nc5ccc(C(C)C)cc5)n4)cc3)nc(Nc3ccc(C#N)cc3)n2)cc1.CC(C)c1ccc(Nc2nc(Nc3ccc(N)cc3)nc(Nc3ccc(C#N)cc3)n2)cc1. The molecular formula is C71H66N20. The number of hydrogen-bond acceptors (Lipinski definition) is 20. The normalized spacial score (nSPS) is 10.7. The van der Waals surface area contributed by atoms with Gasteiger partial charge in [0, 0.05) is 58.3 Å². The largest absolute Gasteiger partial charge is 0.399 e. The van der Waals surface area contributed by atoms with Crippen LogP contribution in [0.1, 0.15) is 115 Å². The molecule has 0 bridgehead atoms. The lowest BCUT2D eigenvalue weighted by molar-refractivity contribution is 0.850. The van der Waals surface area contributed by atoms with Crippen molar-refractivity contribution in [2.75, 3.05) is 43.0 Å². The van der Waals surface area contributed by atoms with E-state index in [1.807, 2.05) is 72.8 Å². The van der Waals surface area contributed by atoms with Gasteiger partial charge in [-0.1, -0.05) is 102 Å². The molecule has 0 spiro atoms. The second-order valence-corrected chi connectivity index (χ2v) is 22.2. The van der Waals surface area contributed by atoms with E-state index < -0.39 is 0 Å². The average Bonchev–Trinajstić information content (AvgIpc) is 2.64. The molecule has 0 saturated heterocycles. The van der Waals surface area contributed by atoms with E-state index in [1.54, 1.807) is 72.8 Å². The molecule has 450 valence electrons. The molecule has 0 fully saturated rings. The lowest BCUT2D eigenvalue weighted by atomic mass is 10.0. The van der Waals surface area contributed by atoms with Gasteiger partial charge in [0.05, 0.1) is 34.9 Å². The highest BCUT2D eigenvalue weighted by Gasteiger charge is 2.15. The Bertz CT molecular complexity index is 4170. The van der Waals surface area contributed by atoms with E-state index >= 15 is 0 Å². The fourth-order valence-corrected chi connectivity index (χ4v) is 9.12. The van der Waals surface area contributed by atoms with Crippen LogP contribution in [-0.2, 0) is 12.8 Å². The number of benzene rings is 8. The minimum atomic E-state index is 0.326. The Morgan fingerprint density at radius 2 is 0.495 bits per heavy atom. The highest BCUT2D eigenvalue weighted by atomic mass is 15.3. The van der Waals surface area contributed by atoms with Crippen LogP contribution in [0.2, 0.25) is 0 Å². The van der Waals surface area contributed by atoms with E-state index in [0.29, 0.717) is 106 Å². The second-order valence-electron chi connectivity index (χ2n) is 22.2. The number of hydrogen-bond donors (Lipinski definition) is 8. The average molecular weight is 1200 g/mol. The molecule has 20 heteroatoms. The standard InChI is InChI=1S/C46H42N12.C25H24N8/c1-29(2)35-13-5-31(6-14-35)25-41-53-42(55-43(54-41)49-38-19-9-33(27-47)10-20-38)26-32-7-17-37(18-8-32)50-44-56-45(51-39-21-11-34(28-48)12-22-39)58-46(57-44)52-40-23-15-36(16-24-40)30(3)4;1-16(2)18-5-11-21(12-6-18)29-24-31-23(28-20-9-3-17(15-26)4-10-20)32-25(33-24)30-22-13-7-19(27)8-14-22/h5-24,29-30H,25-26H2,1-4H3,(H,49,53,54,55)(H3,50,51,52,56,57,58);3-14,16H,27H2,1-2H3,(H3,28,29,30,31,32,33). The predicted molar refractivity (Wildman–Crippen MR) is 360 cm³/mol. The van der Waals surface area contributed by atoms with E-state index in [4.69, 9.17) is 25.9 Å². The summed E-state index contributed by atoms with van der Waals surface area (Å²) in [6.07, 6.45) is 1.02. The molecule has 0 unspecified atom stereocenters. The number of nitriles is 3. The molecule has 3 heterocycles. The van der Waals surface area contributed by atoms with E-state index in [1.165, 1.54) is 16.7 Å². The highest BCUT2D eigenvalue weighted by molar-refractivity contribution is 5.66. The molecular weight excluding hydrogens is 1130 g/mol. The lowest BCUT2D eigenvalue weighted by Crippen LogP contribution is -2.09. The Kier molecular flexibility index (Phi) is 19.9. The molecule has 0 aliphatic carbocycles. The van der Waals surface area contributed by atoms with Gasteiger partial charge in [-0.2, -0.15) is 55.7 Å². The predicted octanol–water partition coefficient (Wildman–Crippen LogP) is 15.9. The first kappa shape index (κ1) is 61.7. The molecule has 9 N–H and O–H groups in total. The van der Waals surface area contributed by atoms with Crippen LogP contribution in [0.4, 0.5) is 87.1 Å². The third-order valence-electron chi connectivity index (χ3n) is 14.2. The summed E-state index contributed by atoms with van der Waals surface area (Å²) in [5.41, 5.74) is 19.6. The number of nitrogen functional groups attached to an aromatic ring is 1. The van der Waals surface area contributed by atoms with Crippen LogP contribution in [0.15, 0.2) is 194 Å². The molecule has 0 aliphatic heterocycles. The summed E-state index contributed by atoms with van der Waals surface area (Å²) >= 11 is 0. The van der Waals surface area contributed by atoms with Gasteiger partial charge in [-0.25, -0.2) is 4.98 Å². The zero-order chi connectivity index (χ0) is 63.6. The van der Waals surface area contributed by atoms with Gasteiger partial charge in [0.1, 0.15) is 11.6 Å². The topological polar surface area (TPSA) is 298 Å². The monoisotopic (exact) mass is 1200 g/mol. The number of aromatic nitrogens is 9. The smallest absolute Gasteiger partial charge is 0.233 e. The van der Waals surface area contributed by atoms with Crippen molar-refractivity contribution in [2.45, 2.75) is 72.1 Å². The van der Waals surface area contributed by atoms with E-state index in [-0.39, 0.29) is 0 Å². The second kappa shape index (κ2) is 29.4. The first-order valence-electron chi connectivity index (χ1n) is 29.5. The number of nitrogens with one attached hydrogen (secondary N) is 7. The minimum absolute atomic E-state index is 0.326. The highest BCUT2D eigenvalue weighted by Crippen LogP contribution is 2.27. The van der Waals surface area contributed by atoms with Crippen molar-refractivity contribution in [1.82, 2.24) is 44.9 Å². The fraction of sp³-hybridized carbons (Fsp3) is 0.155. The first-order valence-corrected chi connectivity index (χ1v) is 29.5. The van der Waals surface area contributed by atoms with Crippen molar-refractivity contribution in [1.29, 1.82) is 15.8 Å². The molecule has 91 heavy (non-hydrogen) atoms. The molecule has 3 aromatic heterocycles. The van der Waals surface area contributed by atoms with Crippen LogP contribution in [0, 0.1) is 34.0 Å². The minimum Gasteiger partial charge on any atom is -0.399 e. The quantitative estimate of drug-likeness (QED) is 0.0310. The van der Waals surface area contributed by atoms with Crippen LogP contribution in [-0.4, -0.2) is 44.9 Å². The van der Waals surface area contributed by atoms with Gasteiger partial charge in [0.15, 0.2) is 0 Å². The van der Waals surface area contributed by atoms with Crippen molar-refractivity contribution in [3.05, 3.63) is 250 Å². The molecule has 11 aromatic rings. The molecule has 0 radical (unpaired) electrons. The Hall–Kier alpha value is -12.3. The van der Waals surface area contributed by atoms with Crippen LogP contribution in [0.5, 0.6) is 0 Å². The Morgan fingerprint density at radius 3 is 0.747 bits per heavy atom. The molecule has 11 rings (SSSR count). The first-order chi connectivity index (χ1) is 44.1. The van der Waals surface area contributed by atoms with E-state index in [9.17, 15) is 10.5 Å². The number of rotatable bonds is 21. The van der Waals surface area contributed by atoms with Gasteiger partial charge < -0.3 is 43.0 Å². The van der Waals surface area contributed by atoms with Crippen LogP contribution >= 0.6 is 0 Å². The molecule has 0 aliphatic rings. The number of anilines is 15. The maximum absolute atomic E-state index is 9.24. The van der Waals surface area contributed by atoms with Crippen molar-refractivity contribution in [3.63, 3.8) is 0 Å². The van der Waals surface area contributed by atoms with E-state index in [0.717, 1.165) is 50.9 Å².